The van der Waals surface area contributed by atoms with Crippen LogP contribution in [0.4, 0.5) is 4.39 Å². The van der Waals surface area contributed by atoms with Gasteiger partial charge >= 0.3 is 0 Å². The van der Waals surface area contributed by atoms with Gasteiger partial charge in [-0.3, -0.25) is 0 Å². The molecule has 2 rings (SSSR count). The van der Waals surface area contributed by atoms with Crippen LogP contribution in [0.15, 0.2) is 30.6 Å². The largest absolute Gasteiger partial charge is 0.316 e. The van der Waals surface area contributed by atoms with E-state index in [2.05, 4.69) is 10.2 Å². The second kappa shape index (κ2) is 5.07. The molecule has 0 amide bonds. The van der Waals surface area contributed by atoms with E-state index in [4.69, 9.17) is 11.6 Å². The highest BCUT2D eigenvalue weighted by Gasteiger charge is 2.02. The third-order valence-corrected chi connectivity index (χ3v) is 2.61. The molecule has 0 fully saturated rings. The van der Waals surface area contributed by atoms with Crippen molar-refractivity contribution in [2.75, 3.05) is 0 Å². The van der Waals surface area contributed by atoms with Crippen LogP contribution in [0.25, 0.3) is 0 Å². The van der Waals surface area contributed by atoms with Crippen LogP contribution >= 0.6 is 11.6 Å². The minimum atomic E-state index is -0.213. The molecule has 0 spiro atoms. The Morgan fingerprint density at radius 3 is 2.69 bits per heavy atom. The zero-order valence-corrected chi connectivity index (χ0v) is 9.36. The number of alkyl halides is 1. The van der Waals surface area contributed by atoms with Gasteiger partial charge in [0.25, 0.3) is 0 Å². The molecule has 0 aliphatic heterocycles. The molecular formula is C11H11ClFN3. The molecule has 0 bridgehead atoms. The van der Waals surface area contributed by atoms with E-state index in [-0.39, 0.29) is 5.82 Å². The number of hydrogen-bond acceptors (Lipinski definition) is 2. The Labute approximate surface area is 97.9 Å². The molecule has 0 saturated carbocycles. The van der Waals surface area contributed by atoms with Gasteiger partial charge in [-0.05, 0) is 24.1 Å². The number of benzene rings is 1. The van der Waals surface area contributed by atoms with Crippen LogP contribution < -0.4 is 0 Å². The molecule has 3 nitrogen and oxygen atoms in total. The lowest BCUT2D eigenvalue weighted by Crippen LogP contribution is -2.04. The topological polar surface area (TPSA) is 30.7 Å². The first-order chi connectivity index (χ1) is 7.79. The molecular weight excluding hydrogens is 229 g/mol. The summed E-state index contributed by atoms with van der Waals surface area (Å²) in [5, 5.41) is 7.67. The molecule has 0 unspecified atom stereocenters. The first-order valence-electron chi connectivity index (χ1n) is 4.96. The van der Waals surface area contributed by atoms with E-state index in [9.17, 15) is 4.39 Å². The second-order valence-corrected chi connectivity index (χ2v) is 3.72. The van der Waals surface area contributed by atoms with Crippen molar-refractivity contribution < 1.29 is 4.39 Å². The monoisotopic (exact) mass is 239 g/mol. The summed E-state index contributed by atoms with van der Waals surface area (Å²) in [7, 11) is 0. The van der Waals surface area contributed by atoms with E-state index >= 15 is 0 Å². The Bertz CT molecular complexity index is 453. The van der Waals surface area contributed by atoms with Crippen LogP contribution in [0.5, 0.6) is 0 Å². The summed E-state index contributed by atoms with van der Waals surface area (Å²) in [5.41, 5.74) is 1.08. The Hall–Kier alpha value is -1.42. The standard InChI is InChI=1S/C11H11ClFN3/c12-7-11-15-14-8-16(11)6-5-9-1-3-10(13)4-2-9/h1-4,8H,5-7H2. The van der Waals surface area contributed by atoms with Crippen LogP contribution in [-0.4, -0.2) is 14.8 Å². The number of aryl methyl sites for hydroxylation is 2. The van der Waals surface area contributed by atoms with Gasteiger partial charge in [0.05, 0.1) is 5.88 Å². The van der Waals surface area contributed by atoms with Gasteiger partial charge in [0, 0.05) is 6.54 Å². The fraction of sp³-hybridized carbons (Fsp3) is 0.273. The Morgan fingerprint density at radius 1 is 1.25 bits per heavy atom. The fourth-order valence-electron chi connectivity index (χ4n) is 1.47. The molecule has 0 saturated heterocycles. The zero-order chi connectivity index (χ0) is 11.4. The number of hydrogen-bond donors (Lipinski definition) is 0. The molecule has 0 atom stereocenters. The quantitative estimate of drug-likeness (QED) is 0.767. The number of halogens is 2. The minimum absolute atomic E-state index is 0.213. The Balaban J connectivity index is 1.99. The summed E-state index contributed by atoms with van der Waals surface area (Å²) in [5.74, 6) is 0.891. The van der Waals surface area contributed by atoms with Crippen LogP contribution in [-0.2, 0) is 18.8 Å². The molecule has 2 aromatic rings. The van der Waals surface area contributed by atoms with E-state index in [0.29, 0.717) is 5.88 Å². The van der Waals surface area contributed by atoms with Gasteiger partial charge in [0.1, 0.15) is 18.0 Å². The predicted octanol–water partition coefficient (Wildman–Crippen LogP) is 2.40. The number of aromatic nitrogens is 3. The highest BCUT2D eigenvalue weighted by atomic mass is 35.5. The molecule has 1 aromatic carbocycles. The summed E-state index contributed by atoms with van der Waals surface area (Å²) in [6.07, 6.45) is 2.46. The molecule has 84 valence electrons. The van der Waals surface area contributed by atoms with Crippen molar-refractivity contribution in [2.24, 2.45) is 0 Å². The Kier molecular flexibility index (Phi) is 3.51. The summed E-state index contributed by atoms with van der Waals surface area (Å²) >= 11 is 5.70. The number of rotatable bonds is 4. The van der Waals surface area contributed by atoms with Crippen molar-refractivity contribution in [1.29, 1.82) is 0 Å². The maximum Gasteiger partial charge on any atom is 0.147 e. The molecule has 1 aromatic heterocycles. The lowest BCUT2D eigenvalue weighted by atomic mass is 10.1. The Morgan fingerprint density at radius 2 is 2.00 bits per heavy atom. The lowest BCUT2D eigenvalue weighted by Gasteiger charge is -2.04. The highest BCUT2D eigenvalue weighted by Crippen LogP contribution is 2.06. The van der Waals surface area contributed by atoms with Crippen LogP contribution in [0.1, 0.15) is 11.4 Å². The zero-order valence-electron chi connectivity index (χ0n) is 8.61. The third kappa shape index (κ3) is 2.58. The average Bonchev–Trinajstić information content (AvgIpc) is 2.76. The first kappa shape index (κ1) is 11.1. The first-order valence-corrected chi connectivity index (χ1v) is 5.50. The smallest absolute Gasteiger partial charge is 0.147 e. The molecule has 0 radical (unpaired) electrons. The summed E-state index contributed by atoms with van der Waals surface area (Å²) < 4.78 is 14.6. The third-order valence-electron chi connectivity index (χ3n) is 2.37. The van der Waals surface area contributed by atoms with Gasteiger partial charge in [0.15, 0.2) is 0 Å². The maximum atomic E-state index is 12.7. The van der Waals surface area contributed by atoms with Crippen molar-refractivity contribution in [3.05, 3.63) is 47.8 Å². The van der Waals surface area contributed by atoms with E-state index in [1.807, 2.05) is 4.57 Å². The van der Waals surface area contributed by atoms with E-state index in [0.717, 1.165) is 24.4 Å². The van der Waals surface area contributed by atoms with Crippen molar-refractivity contribution >= 4 is 11.6 Å². The second-order valence-electron chi connectivity index (χ2n) is 3.45. The molecule has 16 heavy (non-hydrogen) atoms. The van der Waals surface area contributed by atoms with Gasteiger partial charge in [-0.15, -0.1) is 21.8 Å². The van der Waals surface area contributed by atoms with Crippen molar-refractivity contribution in [3.63, 3.8) is 0 Å². The molecule has 0 aliphatic rings. The van der Waals surface area contributed by atoms with Crippen molar-refractivity contribution in [1.82, 2.24) is 14.8 Å². The molecule has 0 aliphatic carbocycles. The minimum Gasteiger partial charge on any atom is -0.316 e. The van der Waals surface area contributed by atoms with E-state index in [1.54, 1.807) is 18.5 Å². The van der Waals surface area contributed by atoms with E-state index in [1.165, 1.54) is 12.1 Å². The van der Waals surface area contributed by atoms with Gasteiger partial charge in [-0.2, -0.15) is 0 Å². The van der Waals surface area contributed by atoms with Gasteiger partial charge < -0.3 is 4.57 Å². The van der Waals surface area contributed by atoms with Gasteiger partial charge in [0.2, 0.25) is 0 Å². The number of nitrogens with zero attached hydrogens (tertiary/aromatic N) is 3. The average molecular weight is 240 g/mol. The van der Waals surface area contributed by atoms with Crippen LogP contribution in [0.2, 0.25) is 0 Å². The van der Waals surface area contributed by atoms with Gasteiger partial charge in [-0.25, -0.2) is 4.39 Å². The van der Waals surface area contributed by atoms with Crippen molar-refractivity contribution in [3.8, 4) is 0 Å². The fourth-order valence-corrected chi connectivity index (χ4v) is 1.68. The van der Waals surface area contributed by atoms with E-state index < -0.39 is 0 Å². The van der Waals surface area contributed by atoms with Crippen molar-refractivity contribution in [2.45, 2.75) is 18.8 Å². The normalized spacial score (nSPS) is 10.6. The van der Waals surface area contributed by atoms with Crippen LogP contribution in [0.3, 0.4) is 0 Å². The molecule has 5 heteroatoms. The predicted molar refractivity (Wildman–Crippen MR) is 59.7 cm³/mol. The maximum absolute atomic E-state index is 12.7. The molecule has 0 N–H and O–H groups in total. The SMILES string of the molecule is Fc1ccc(CCn2cnnc2CCl)cc1. The summed E-state index contributed by atoms with van der Waals surface area (Å²) in [4.78, 5) is 0. The highest BCUT2D eigenvalue weighted by molar-refractivity contribution is 6.16. The molecule has 1 heterocycles. The summed E-state index contributed by atoms with van der Waals surface area (Å²) in [6.45, 7) is 0.751. The lowest BCUT2D eigenvalue weighted by molar-refractivity contribution is 0.624. The summed E-state index contributed by atoms with van der Waals surface area (Å²) in [6, 6.07) is 6.48. The van der Waals surface area contributed by atoms with Crippen LogP contribution in [0, 0.1) is 5.82 Å². The van der Waals surface area contributed by atoms with Gasteiger partial charge in [-0.1, -0.05) is 12.1 Å².